The van der Waals surface area contributed by atoms with E-state index in [0.29, 0.717) is 0 Å². The van der Waals surface area contributed by atoms with Gasteiger partial charge in [0.15, 0.2) is 5.65 Å². The summed E-state index contributed by atoms with van der Waals surface area (Å²) in [5, 5.41) is 3.53. The van der Waals surface area contributed by atoms with E-state index >= 15 is 0 Å². The summed E-state index contributed by atoms with van der Waals surface area (Å²) in [4.78, 5) is 11.1. The summed E-state index contributed by atoms with van der Waals surface area (Å²) in [6.45, 7) is 5.53. The molecule has 6 heteroatoms. The Morgan fingerprint density at radius 2 is 1.90 bits per heavy atom. The van der Waals surface area contributed by atoms with E-state index < -0.39 is 0 Å². The van der Waals surface area contributed by atoms with Gasteiger partial charge in [-0.1, -0.05) is 12.8 Å². The van der Waals surface area contributed by atoms with Gasteiger partial charge in [0.1, 0.15) is 4.60 Å². The van der Waals surface area contributed by atoms with Gasteiger partial charge in [0.05, 0.1) is 18.1 Å². The quantitative estimate of drug-likeness (QED) is 0.840. The number of nitrogens with zero attached hydrogens (tertiary/aromatic N) is 4. The largest absolute Gasteiger partial charge is 0.310 e. The van der Waals surface area contributed by atoms with Crippen molar-refractivity contribution in [2.24, 2.45) is 0 Å². The zero-order chi connectivity index (χ0) is 14.5. The first kappa shape index (κ1) is 14.9. The molecule has 0 radical (unpaired) electrons. The molecule has 1 aliphatic rings. The van der Waals surface area contributed by atoms with Crippen molar-refractivity contribution in [3.63, 3.8) is 0 Å². The Hall–Kier alpha value is -0.980. The zero-order valence-corrected chi connectivity index (χ0v) is 13.8. The molecule has 1 aliphatic heterocycles. The van der Waals surface area contributed by atoms with E-state index in [2.05, 4.69) is 40.5 Å². The van der Waals surface area contributed by atoms with Gasteiger partial charge in [0.25, 0.3) is 0 Å². The van der Waals surface area contributed by atoms with Crippen LogP contribution in [-0.2, 0) is 6.54 Å². The first-order valence-corrected chi connectivity index (χ1v) is 8.53. The zero-order valence-electron chi connectivity index (χ0n) is 12.3. The number of halogens is 1. The maximum Gasteiger partial charge on any atom is 0.155 e. The van der Waals surface area contributed by atoms with Crippen molar-refractivity contribution < 1.29 is 0 Å². The molecule has 1 N–H and O–H groups in total. The Balaban J connectivity index is 1.49. The second kappa shape index (κ2) is 7.33. The van der Waals surface area contributed by atoms with Gasteiger partial charge in [0.2, 0.25) is 0 Å². The van der Waals surface area contributed by atoms with Crippen LogP contribution in [0.4, 0.5) is 0 Å². The fourth-order valence-corrected chi connectivity index (χ4v) is 3.17. The molecular weight excluding hydrogens is 330 g/mol. The minimum atomic E-state index is 0.832. The van der Waals surface area contributed by atoms with Gasteiger partial charge in [0, 0.05) is 25.8 Å². The molecule has 0 atom stereocenters. The van der Waals surface area contributed by atoms with Crippen LogP contribution in [0.5, 0.6) is 0 Å². The molecule has 3 rings (SSSR count). The highest BCUT2D eigenvalue weighted by molar-refractivity contribution is 9.10. The van der Waals surface area contributed by atoms with E-state index in [0.717, 1.165) is 29.9 Å². The van der Waals surface area contributed by atoms with Gasteiger partial charge in [-0.15, -0.1) is 0 Å². The Morgan fingerprint density at radius 1 is 1.10 bits per heavy atom. The van der Waals surface area contributed by atoms with Gasteiger partial charge < -0.3 is 10.2 Å². The summed E-state index contributed by atoms with van der Waals surface area (Å²) in [5.41, 5.74) is 2.06. The van der Waals surface area contributed by atoms with Crippen LogP contribution in [0.2, 0.25) is 0 Å². The molecule has 0 amide bonds. The van der Waals surface area contributed by atoms with E-state index in [1.165, 1.54) is 44.5 Å². The molecule has 0 spiro atoms. The van der Waals surface area contributed by atoms with Crippen molar-refractivity contribution >= 4 is 21.6 Å². The van der Waals surface area contributed by atoms with Crippen LogP contribution < -0.4 is 5.32 Å². The fraction of sp³-hybridized carbons (Fsp3) is 0.600. The van der Waals surface area contributed by atoms with Crippen LogP contribution in [0.3, 0.4) is 0 Å². The van der Waals surface area contributed by atoms with E-state index in [1.54, 1.807) is 6.20 Å². The maximum absolute atomic E-state index is 4.37. The Morgan fingerprint density at radius 3 is 2.71 bits per heavy atom. The summed E-state index contributed by atoms with van der Waals surface area (Å²) in [7, 11) is 0. The van der Waals surface area contributed by atoms with Crippen molar-refractivity contribution in [1.29, 1.82) is 0 Å². The number of rotatable bonds is 5. The van der Waals surface area contributed by atoms with Crippen molar-refractivity contribution in [2.45, 2.75) is 32.2 Å². The lowest BCUT2D eigenvalue weighted by atomic mass is 10.2. The topological polar surface area (TPSA) is 45.5 Å². The lowest BCUT2D eigenvalue weighted by Gasteiger charge is -2.19. The van der Waals surface area contributed by atoms with Crippen molar-refractivity contribution in [3.8, 4) is 0 Å². The molecule has 21 heavy (non-hydrogen) atoms. The van der Waals surface area contributed by atoms with Crippen LogP contribution in [0, 0.1) is 0 Å². The number of fused-ring (bicyclic) bond motifs is 1. The van der Waals surface area contributed by atoms with Crippen LogP contribution in [0.25, 0.3) is 5.65 Å². The second-order valence-corrected chi connectivity index (χ2v) is 6.43. The first-order valence-electron chi connectivity index (χ1n) is 7.73. The number of aromatic nitrogens is 3. The first-order chi connectivity index (χ1) is 10.3. The highest BCUT2D eigenvalue weighted by Gasteiger charge is 2.08. The maximum atomic E-state index is 4.37. The lowest BCUT2D eigenvalue weighted by molar-refractivity contribution is 0.284. The molecule has 0 aromatic carbocycles. The van der Waals surface area contributed by atoms with E-state index in [-0.39, 0.29) is 0 Å². The number of imidazole rings is 1. The van der Waals surface area contributed by atoms with Crippen LogP contribution >= 0.6 is 15.9 Å². The van der Waals surface area contributed by atoms with Gasteiger partial charge in [-0.25, -0.2) is 9.97 Å². The average molecular weight is 352 g/mol. The smallest absolute Gasteiger partial charge is 0.155 e. The third-order valence-electron chi connectivity index (χ3n) is 4.05. The van der Waals surface area contributed by atoms with Crippen LogP contribution in [0.15, 0.2) is 23.2 Å². The Kier molecular flexibility index (Phi) is 5.22. The molecule has 1 fully saturated rings. The van der Waals surface area contributed by atoms with E-state index in [4.69, 9.17) is 0 Å². The highest BCUT2D eigenvalue weighted by atomic mass is 79.9. The predicted molar refractivity (Wildman–Crippen MR) is 87.3 cm³/mol. The minimum absolute atomic E-state index is 0.832. The lowest BCUT2D eigenvalue weighted by Crippen LogP contribution is -2.32. The number of hydrogen-bond acceptors (Lipinski definition) is 4. The molecule has 114 valence electrons. The minimum Gasteiger partial charge on any atom is -0.310 e. The Labute approximate surface area is 133 Å². The molecule has 5 nitrogen and oxygen atoms in total. The van der Waals surface area contributed by atoms with Crippen LogP contribution in [0.1, 0.15) is 31.4 Å². The number of likely N-dealkylation sites (tertiary alicyclic amines) is 1. The molecule has 2 aromatic heterocycles. The van der Waals surface area contributed by atoms with Gasteiger partial charge in [-0.05, 0) is 41.9 Å². The monoisotopic (exact) mass is 351 g/mol. The van der Waals surface area contributed by atoms with Gasteiger partial charge in [-0.3, -0.25) is 4.40 Å². The molecule has 3 heterocycles. The van der Waals surface area contributed by atoms with E-state index in [1.807, 2.05) is 12.4 Å². The SMILES string of the molecule is Brc1cn2c(CNCCN3CCCCCC3)cnc2cn1. The molecular formula is C15H22BrN5. The van der Waals surface area contributed by atoms with Crippen LogP contribution in [-0.4, -0.2) is 45.4 Å². The number of nitrogens with one attached hydrogen (secondary N) is 1. The second-order valence-electron chi connectivity index (χ2n) is 5.62. The fourth-order valence-electron chi connectivity index (χ4n) is 2.86. The molecule has 0 unspecified atom stereocenters. The highest BCUT2D eigenvalue weighted by Crippen LogP contribution is 2.11. The summed E-state index contributed by atoms with van der Waals surface area (Å²) in [6, 6.07) is 0. The summed E-state index contributed by atoms with van der Waals surface area (Å²) >= 11 is 3.41. The van der Waals surface area contributed by atoms with Crippen molar-refractivity contribution in [1.82, 2.24) is 24.6 Å². The third kappa shape index (κ3) is 4.02. The molecule has 2 aromatic rings. The normalized spacial score (nSPS) is 17.2. The number of hydrogen-bond donors (Lipinski definition) is 1. The van der Waals surface area contributed by atoms with Gasteiger partial charge in [-0.2, -0.15) is 0 Å². The summed E-state index contributed by atoms with van der Waals surface area (Å²) < 4.78 is 2.91. The van der Waals surface area contributed by atoms with Crippen molar-refractivity contribution in [2.75, 3.05) is 26.2 Å². The average Bonchev–Trinajstić information content (AvgIpc) is 2.71. The van der Waals surface area contributed by atoms with E-state index in [9.17, 15) is 0 Å². The molecule has 0 aliphatic carbocycles. The summed E-state index contributed by atoms with van der Waals surface area (Å²) in [5.74, 6) is 0. The molecule has 0 bridgehead atoms. The molecule has 1 saturated heterocycles. The predicted octanol–water partition coefficient (Wildman–Crippen LogP) is 2.46. The standard InChI is InChI=1S/C15H22BrN5/c16-14-12-21-13(10-19-15(21)11-18-14)9-17-5-8-20-6-3-1-2-4-7-20/h10-12,17H,1-9H2. The van der Waals surface area contributed by atoms with Crippen molar-refractivity contribution in [3.05, 3.63) is 28.9 Å². The molecule has 0 saturated carbocycles. The Bertz CT molecular complexity index is 574. The third-order valence-corrected chi connectivity index (χ3v) is 4.46. The summed E-state index contributed by atoms with van der Waals surface area (Å²) in [6.07, 6.45) is 11.2. The van der Waals surface area contributed by atoms with Gasteiger partial charge >= 0.3 is 0 Å².